The van der Waals surface area contributed by atoms with E-state index in [2.05, 4.69) is 31.9 Å². The van der Waals surface area contributed by atoms with Gasteiger partial charge >= 0.3 is 0 Å². The van der Waals surface area contributed by atoms with Crippen molar-refractivity contribution >= 4 is 55.3 Å². The topological polar surface area (TPSA) is 101 Å². The van der Waals surface area contributed by atoms with Crippen LogP contribution in [0.3, 0.4) is 0 Å². The Hall–Kier alpha value is -2.66. The lowest BCUT2D eigenvalue weighted by atomic mass is 9.81. The number of nitro benzene ring substituents is 1. The number of halogens is 3. The number of benzene rings is 2. The van der Waals surface area contributed by atoms with Gasteiger partial charge in [-0.2, -0.15) is 5.01 Å². The molecule has 5 rings (SSSR count). The number of rotatable bonds is 5. The number of para-hydroxylation sites is 1. The maximum atomic E-state index is 14.5. The summed E-state index contributed by atoms with van der Waals surface area (Å²) in [6, 6.07) is 11.0. The molecule has 3 aliphatic rings. The summed E-state index contributed by atoms with van der Waals surface area (Å²) in [5, 5.41) is 13.2. The Kier molecular flexibility index (Phi) is 5.79. The van der Waals surface area contributed by atoms with Crippen LogP contribution in [0.4, 0.5) is 10.1 Å². The number of hydrazine groups is 1. The van der Waals surface area contributed by atoms with Crippen LogP contribution >= 0.6 is 31.9 Å². The molecule has 6 atom stereocenters. The number of hydrogen-bond acceptors (Lipinski definition) is 5. The van der Waals surface area contributed by atoms with E-state index in [1.54, 1.807) is 6.07 Å². The zero-order valence-corrected chi connectivity index (χ0v) is 20.7. The standard InChI is InChI=1S/C23H18Br2FN3O5/c24-19-13-9-14(20(19)25)18-17(13)22(31)28(23(18)32)27(10-11-5-1-3-7-15(11)26)21(30)12-6-2-4-8-16(12)29(33)34/h1-8,13-14,17-20H,9-10H2/t13-,14-,17-,18-,19+,20+/m1/s1. The van der Waals surface area contributed by atoms with Gasteiger partial charge in [-0.05, 0) is 30.4 Å². The molecule has 1 saturated heterocycles. The van der Waals surface area contributed by atoms with E-state index in [-0.39, 0.29) is 32.6 Å². The minimum atomic E-state index is -0.921. The van der Waals surface area contributed by atoms with Crippen LogP contribution < -0.4 is 0 Å². The zero-order valence-electron chi connectivity index (χ0n) is 17.5. The van der Waals surface area contributed by atoms with Crippen molar-refractivity contribution in [2.24, 2.45) is 23.7 Å². The zero-order chi connectivity index (χ0) is 24.3. The summed E-state index contributed by atoms with van der Waals surface area (Å²) in [6.07, 6.45) is 0.706. The third kappa shape index (κ3) is 3.39. The Morgan fingerprint density at radius 3 is 2.18 bits per heavy atom. The number of carbonyl (C=O) groups is 3. The van der Waals surface area contributed by atoms with Crippen molar-refractivity contribution in [3.05, 3.63) is 75.6 Å². The van der Waals surface area contributed by atoms with E-state index in [9.17, 15) is 28.9 Å². The van der Waals surface area contributed by atoms with Crippen LogP contribution in [0.25, 0.3) is 0 Å². The molecule has 2 bridgehead atoms. The number of fused-ring (bicyclic) bond motifs is 5. The highest BCUT2D eigenvalue weighted by atomic mass is 79.9. The molecule has 3 amide bonds. The fourth-order valence-corrected chi connectivity index (χ4v) is 7.42. The molecule has 1 heterocycles. The first-order valence-electron chi connectivity index (χ1n) is 10.7. The molecule has 2 saturated carbocycles. The maximum absolute atomic E-state index is 14.5. The van der Waals surface area contributed by atoms with Crippen LogP contribution in [0.2, 0.25) is 0 Å². The lowest BCUT2D eigenvalue weighted by molar-refractivity contribution is -0.385. The fourth-order valence-electron chi connectivity index (χ4n) is 5.55. The van der Waals surface area contributed by atoms with E-state index in [4.69, 9.17) is 0 Å². The van der Waals surface area contributed by atoms with Crippen molar-refractivity contribution in [1.29, 1.82) is 0 Å². The quantitative estimate of drug-likeness (QED) is 0.225. The Balaban J connectivity index is 1.58. The van der Waals surface area contributed by atoms with Crippen LogP contribution in [0.1, 0.15) is 22.3 Å². The largest absolute Gasteiger partial charge is 0.282 e. The third-order valence-corrected chi connectivity index (χ3v) is 10.3. The maximum Gasteiger partial charge on any atom is 0.282 e. The average molecular weight is 595 g/mol. The minimum Gasteiger partial charge on any atom is -0.272 e. The van der Waals surface area contributed by atoms with Gasteiger partial charge in [0.1, 0.15) is 11.4 Å². The second kappa shape index (κ2) is 8.53. The number of imide groups is 1. The molecular formula is C23H18Br2FN3O5. The molecule has 2 aromatic rings. The minimum absolute atomic E-state index is 0.00128. The van der Waals surface area contributed by atoms with Gasteiger partial charge in [-0.25, -0.2) is 9.40 Å². The van der Waals surface area contributed by atoms with Crippen molar-refractivity contribution in [2.45, 2.75) is 22.6 Å². The normalized spacial score (nSPS) is 29.4. The van der Waals surface area contributed by atoms with Gasteiger partial charge < -0.3 is 0 Å². The van der Waals surface area contributed by atoms with Gasteiger partial charge in [-0.15, -0.1) is 0 Å². The summed E-state index contributed by atoms with van der Waals surface area (Å²) in [4.78, 5) is 51.6. The van der Waals surface area contributed by atoms with E-state index in [0.29, 0.717) is 6.42 Å². The molecule has 0 spiro atoms. The molecule has 0 aromatic heterocycles. The SMILES string of the molecule is O=C(c1ccccc1[N+](=O)[O-])N(Cc1ccccc1F)N1C(=O)[C@@H]2[C@H]3C[C@@H]([C@H](Br)[C@H]3Br)[C@H]2C1=O. The molecule has 11 heteroatoms. The molecule has 34 heavy (non-hydrogen) atoms. The van der Waals surface area contributed by atoms with Gasteiger partial charge in [0.25, 0.3) is 23.4 Å². The highest BCUT2D eigenvalue weighted by molar-refractivity contribution is 9.12. The number of nitrogens with zero attached hydrogens (tertiary/aromatic N) is 3. The van der Waals surface area contributed by atoms with Gasteiger partial charge in [0.15, 0.2) is 0 Å². The smallest absolute Gasteiger partial charge is 0.272 e. The summed E-state index contributed by atoms with van der Waals surface area (Å²) in [5.41, 5.74) is -0.681. The van der Waals surface area contributed by atoms with Gasteiger partial charge in [0, 0.05) is 21.3 Å². The first-order valence-corrected chi connectivity index (χ1v) is 12.5. The average Bonchev–Trinajstić information content (AvgIpc) is 3.43. The number of amides is 3. The molecule has 8 nitrogen and oxygen atoms in total. The number of alkyl halides is 2. The van der Waals surface area contributed by atoms with E-state index < -0.39 is 52.5 Å². The highest BCUT2D eigenvalue weighted by Gasteiger charge is 2.67. The molecule has 0 N–H and O–H groups in total. The first-order chi connectivity index (χ1) is 16.2. The van der Waals surface area contributed by atoms with E-state index >= 15 is 0 Å². The molecule has 3 fully saturated rings. The summed E-state index contributed by atoms with van der Waals surface area (Å²) in [5.74, 6) is -3.98. The van der Waals surface area contributed by atoms with Crippen LogP contribution in [-0.4, -0.2) is 42.3 Å². The molecule has 2 aliphatic carbocycles. The summed E-state index contributed by atoms with van der Waals surface area (Å²) >= 11 is 7.24. The van der Waals surface area contributed by atoms with Gasteiger partial charge in [-0.1, -0.05) is 62.2 Å². The van der Waals surface area contributed by atoms with Crippen molar-refractivity contribution in [2.75, 3.05) is 0 Å². The first kappa shape index (κ1) is 23.1. The van der Waals surface area contributed by atoms with Gasteiger partial charge in [-0.3, -0.25) is 24.5 Å². The predicted octanol–water partition coefficient (Wildman–Crippen LogP) is 4.07. The summed E-state index contributed by atoms with van der Waals surface area (Å²) in [6.45, 7) is -0.431. The Morgan fingerprint density at radius 2 is 1.59 bits per heavy atom. The predicted molar refractivity (Wildman–Crippen MR) is 125 cm³/mol. The summed E-state index contributed by atoms with van der Waals surface area (Å²) < 4.78 is 14.5. The van der Waals surface area contributed by atoms with Crippen molar-refractivity contribution in [1.82, 2.24) is 10.0 Å². The number of hydrogen-bond donors (Lipinski definition) is 0. The van der Waals surface area contributed by atoms with Crippen LogP contribution in [-0.2, 0) is 16.1 Å². The Labute approximate surface area is 210 Å². The van der Waals surface area contributed by atoms with Crippen molar-refractivity contribution in [3.8, 4) is 0 Å². The van der Waals surface area contributed by atoms with Gasteiger partial charge in [0.2, 0.25) is 0 Å². The molecule has 0 radical (unpaired) electrons. The van der Waals surface area contributed by atoms with Gasteiger partial charge in [0.05, 0.1) is 23.3 Å². The third-order valence-electron chi connectivity index (χ3n) is 7.05. The molecule has 0 unspecified atom stereocenters. The Morgan fingerprint density at radius 1 is 1.03 bits per heavy atom. The number of nitro groups is 1. The van der Waals surface area contributed by atoms with Crippen LogP contribution in [0.15, 0.2) is 48.5 Å². The lowest BCUT2D eigenvalue weighted by Gasteiger charge is -2.31. The molecule has 176 valence electrons. The second-order valence-electron chi connectivity index (χ2n) is 8.72. The van der Waals surface area contributed by atoms with Crippen LogP contribution in [0.5, 0.6) is 0 Å². The van der Waals surface area contributed by atoms with E-state index in [0.717, 1.165) is 10.0 Å². The molecular weight excluding hydrogens is 577 g/mol. The monoisotopic (exact) mass is 593 g/mol. The molecule has 1 aliphatic heterocycles. The van der Waals surface area contributed by atoms with Crippen molar-refractivity contribution in [3.63, 3.8) is 0 Å². The molecule has 2 aromatic carbocycles. The lowest BCUT2D eigenvalue weighted by Crippen LogP contribution is -2.50. The van der Waals surface area contributed by atoms with E-state index in [1.807, 2.05) is 0 Å². The van der Waals surface area contributed by atoms with E-state index in [1.165, 1.54) is 42.5 Å². The second-order valence-corrected chi connectivity index (χ2v) is 10.8. The van der Waals surface area contributed by atoms with Crippen molar-refractivity contribution < 1.29 is 23.7 Å². The Bertz CT molecular complexity index is 1190. The fraction of sp³-hybridized carbons (Fsp3) is 0.348. The van der Waals surface area contributed by atoms with Crippen LogP contribution in [0, 0.1) is 39.6 Å². The highest BCUT2D eigenvalue weighted by Crippen LogP contribution is 2.60. The summed E-state index contributed by atoms with van der Waals surface area (Å²) in [7, 11) is 0. The number of carbonyl (C=O) groups excluding carboxylic acids is 3.